The van der Waals surface area contributed by atoms with E-state index in [2.05, 4.69) is 10.3 Å². The van der Waals surface area contributed by atoms with E-state index in [0.29, 0.717) is 30.0 Å². The molecule has 0 aliphatic heterocycles. The number of carbonyl (C=O) groups is 2. The summed E-state index contributed by atoms with van der Waals surface area (Å²) in [7, 11) is 0. The number of carbonyl (C=O) groups excluding carboxylic acids is 1. The van der Waals surface area contributed by atoms with Gasteiger partial charge in [-0.05, 0) is 37.1 Å². The van der Waals surface area contributed by atoms with E-state index in [1.807, 2.05) is 13.8 Å². The Hall–Kier alpha value is -2.70. The van der Waals surface area contributed by atoms with Gasteiger partial charge in [-0.2, -0.15) is 0 Å². The van der Waals surface area contributed by atoms with Crippen molar-refractivity contribution in [3.8, 4) is 11.5 Å². The van der Waals surface area contributed by atoms with E-state index in [-0.39, 0.29) is 24.6 Å². The summed E-state index contributed by atoms with van der Waals surface area (Å²) >= 11 is 0. The predicted molar refractivity (Wildman–Crippen MR) is 89.3 cm³/mol. The van der Waals surface area contributed by atoms with Crippen LogP contribution in [0.15, 0.2) is 34.9 Å². The van der Waals surface area contributed by atoms with Gasteiger partial charge >= 0.3 is 5.97 Å². The second-order valence-electron chi connectivity index (χ2n) is 5.93. The highest BCUT2D eigenvalue weighted by molar-refractivity contribution is 5.80. The lowest BCUT2D eigenvalue weighted by atomic mass is 9.88. The lowest BCUT2D eigenvalue weighted by molar-refractivity contribution is -0.139. The minimum Gasteiger partial charge on any atom is -0.481 e. The minimum absolute atomic E-state index is 0.0218. The molecule has 1 heterocycles. The number of oxazole rings is 1. The van der Waals surface area contributed by atoms with Gasteiger partial charge in [-0.15, -0.1) is 0 Å². The molecular weight excluding hydrogens is 327 g/mol. The van der Waals surface area contributed by atoms with Crippen LogP contribution in [0.25, 0.3) is 11.5 Å². The number of nitrogens with one attached hydrogen (secondary N) is 1. The highest BCUT2D eigenvalue weighted by Gasteiger charge is 2.31. The summed E-state index contributed by atoms with van der Waals surface area (Å²) in [5, 5.41) is 11.9. The standard InChI is InChI=1S/C18H21FN2O4/c1-3-18(4-2,10-16(23)24)21-15(22)9-14-11-25-17(20-14)12-5-7-13(19)8-6-12/h5-8,11H,3-4,9-10H2,1-2H3,(H,21,22)(H,23,24). The lowest BCUT2D eigenvalue weighted by Gasteiger charge is -2.31. The van der Waals surface area contributed by atoms with E-state index in [4.69, 9.17) is 9.52 Å². The first kappa shape index (κ1) is 18.6. The summed E-state index contributed by atoms with van der Waals surface area (Å²) in [5.74, 6) is -1.33. The number of aliphatic carboxylic acids is 1. The summed E-state index contributed by atoms with van der Waals surface area (Å²) < 4.78 is 18.3. The summed E-state index contributed by atoms with van der Waals surface area (Å²) in [6.07, 6.45) is 2.24. The van der Waals surface area contributed by atoms with Crippen LogP contribution in [0.3, 0.4) is 0 Å². The molecular formula is C18H21FN2O4. The molecule has 0 aliphatic rings. The number of carboxylic acid groups (broad SMARTS) is 1. The van der Waals surface area contributed by atoms with Crippen molar-refractivity contribution >= 4 is 11.9 Å². The molecule has 0 radical (unpaired) electrons. The van der Waals surface area contributed by atoms with E-state index >= 15 is 0 Å². The molecule has 0 atom stereocenters. The number of carboxylic acids is 1. The van der Waals surface area contributed by atoms with Gasteiger partial charge in [0.2, 0.25) is 11.8 Å². The molecule has 0 spiro atoms. The smallest absolute Gasteiger partial charge is 0.305 e. The Balaban J connectivity index is 2.05. The molecule has 1 amide bonds. The molecule has 0 aliphatic carbocycles. The Bertz CT molecular complexity index is 736. The molecule has 1 aromatic heterocycles. The maximum absolute atomic E-state index is 12.9. The third-order valence-corrected chi connectivity index (χ3v) is 4.23. The normalized spacial score (nSPS) is 11.3. The van der Waals surface area contributed by atoms with Crippen molar-refractivity contribution in [2.45, 2.75) is 45.1 Å². The van der Waals surface area contributed by atoms with Crippen LogP contribution in [0.1, 0.15) is 38.8 Å². The number of amides is 1. The van der Waals surface area contributed by atoms with E-state index < -0.39 is 11.5 Å². The molecule has 2 rings (SSSR count). The third kappa shape index (κ3) is 4.89. The molecule has 2 aromatic rings. The van der Waals surface area contributed by atoms with Crippen LogP contribution in [-0.4, -0.2) is 27.5 Å². The monoisotopic (exact) mass is 348 g/mol. The second-order valence-corrected chi connectivity index (χ2v) is 5.93. The van der Waals surface area contributed by atoms with Crippen molar-refractivity contribution in [1.82, 2.24) is 10.3 Å². The zero-order valence-electron chi connectivity index (χ0n) is 14.2. The number of nitrogens with zero attached hydrogens (tertiary/aromatic N) is 1. The van der Waals surface area contributed by atoms with E-state index in [1.165, 1.54) is 30.5 Å². The topological polar surface area (TPSA) is 92.4 Å². The van der Waals surface area contributed by atoms with Crippen LogP contribution in [0.5, 0.6) is 0 Å². The average molecular weight is 348 g/mol. The average Bonchev–Trinajstić information content (AvgIpc) is 3.02. The van der Waals surface area contributed by atoms with Gasteiger partial charge in [0.25, 0.3) is 0 Å². The first-order valence-electron chi connectivity index (χ1n) is 8.10. The highest BCUT2D eigenvalue weighted by Crippen LogP contribution is 2.21. The fraction of sp³-hybridized carbons (Fsp3) is 0.389. The highest BCUT2D eigenvalue weighted by atomic mass is 19.1. The number of halogens is 1. The van der Waals surface area contributed by atoms with Crippen LogP contribution in [0, 0.1) is 5.82 Å². The van der Waals surface area contributed by atoms with E-state index in [1.54, 1.807) is 0 Å². The first-order valence-corrected chi connectivity index (χ1v) is 8.10. The fourth-order valence-electron chi connectivity index (χ4n) is 2.63. The lowest BCUT2D eigenvalue weighted by Crippen LogP contribution is -2.49. The molecule has 0 bridgehead atoms. The number of benzene rings is 1. The largest absolute Gasteiger partial charge is 0.481 e. The van der Waals surface area contributed by atoms with Gasteiger partial charge in [-0.3, -0.25) is 9.59 Å². The van der Waals surface area contributed by atoms with E-state index in [0.717, 1.165) is 0 Å². The molecule has 6 nitrogen and oxygen atoms in total. The number of rotatable bonds is 8. The zero-order chi connectivity index (χ0) is 18.4. The Labute approximate surface area is 145 Å². The Morgan fingerprint density at radius 1 is 1.24 bits per heavy atom. The van der Waals surface area contributed by atoms with Gasteiger partial charge < -0.3 is 14.8 Å². The molecule has 134 valence electrons. The minimum atomic E-state index is -0.955. The molecule has 0 fully saturated rings. The summed E-state index contributed by atoms with van der Waals surface area (Å²) in [6, 6.07) is 5.68. The summed E-state index contributed by atoms with van der Waals surface area (Å²) in [4.78, 5) is 27.6. The maximum atomic E-state index is 12.9. The van der Waals surface area contributed by atoms with E-state index in [9.17, 15) is 14.0 Å². The zero-order valence-corrected chi connectivity index (χ0v) is 14.2. The Kier molecular flexibility index (Phi) is 5.90. The predicted octanol–water partition coefficient (Wildman–Crippen LogP) is 3.17. The molecule has 25 heavy (non-hydrogen) atoms. The van der Waals surface area contributed by atoms with Gasteiger partial charge in [0, 0.05) is 11.1 Å². The van der Waals surface area contributed by atoms with Gasteiger partial charge in [0.15, 0.2) is 0 Å². The number of hydrogen-bond donors (Lipinski definition) is 2. The Morgan fingerprint density at radius 2 is 1.88 bits per heavy atom. The number of aromatic nitrogens is 1. The summed E-state index contributed by atoms with van der Waals surface area (Å²) in [5.41, 5.74) is 0.260. The maximum Gasteiger partial charge on any atom is 0.305 e. The molecule has 0 saturated carbocycles. The molecule has 0 unspecified atom stereocenters. The first-order chi connectivity index (χ1) is 11.9. The van der Waals surface area contributed by atoms with Crippen molar-refractivity contribution in [2.24, 2.45) is 0 Å². The van der Waals surface area contributed by atoms with Crippen molar-refractivity contribution in [1.29, 1.82) is 0 Å². The summed E-state index contributed by atoms with van der Waals surface area (Å²) in [6.45, 7) is 3.69. The molecule has 0 saturated heterocycles. The quantitative estimate of drug-likeness (QED) is 0.764. The van der Waals surface area contributed by atoms with Crippen molar-refractivity contribution < 1.29 is 23.5 Å². The molecule has 1 aromatic carbocycles. The van der Waals surface area contributed by atoms with Crippen LogP contribution in [0.4, 0.5) is 4.39 Å². The molecule has 7 heteroatoms. The SMILES string of the molecule is CCC(CC)(CC(=O)O)NC(=O)Cc1coc(-c2ccc(F)cc2)n1. The third-order valence-electron chi connectivity index (χ3n) is 4.23. The Morgan fingerprint density at radius 3 is 2.44 bits per heavy atom. The fourth-order valence-corrected chi connectivity index (χ4v) is 2.63. The van der Waals surface area contributed by atoms with Crippen LogP contribution >= 0.6 is 0 Å². The van der Waals surface area contributed by atoms with Crippen LogP contribution in [0.2, 0.25) is 0 Å². The van der Waals surface area contributed by atoms with Crippen molar-refractivity contribution in [2.75, 3.05) is 0 Å². The van der Waals surface area contributed by atoms with Crippen LogP contribution < -0.4 is 5.32 Å². The van der Waals surface area contributed by atoms with Gasteiger partial charge in [-0.25, -0.2) is 9.37 Å². The van der Waals surface area contributed by atoms with Gasteiger partial charge in [-0.1, -0.05) is 13.8 Å². The van der Waals surface area contributed by atoms with Gasteiger partial charge in [0.05, 0.1) is 18.5 Å². The number of hydrogen-bond acceptors (Lipinski definition) is 4. The molecule has 2 N–H and O–H groups in total. The van der Waals surface area contributed by atoms with Crippen molar-refractivity contribution in [3.05, 3.63) is 42.0 Å². The van der Waals surface area contributed by atoms with Crippen LogP contribution in [-0.2, 0) is 16.0 Å². The van der Waals surface area contributed by atoms with Gasteiger partial charge in [0.1, 0.15) is 12.1 Å². The second kappa shape index (κ2) is 7.92. The van der Waals surface area contributed by atoms with Crippen molar-refractivity contribution in [3.63, 3.8) is 0 Å².